The zero-order valence-corrected chi connectivity index (χ0v) is 9.77. The van der Waals surface area contributed by atoms with E-state index >= 15 is 0 Å². The second-order valence-corrected chi connectivity index (χ2v) is 5.73. The van der Waals surface area contributed by atoms with Crippen molar-refractivity contribution in [2.24, 2.45) is 0 Å². The van der Waals surface area contributed by atoms with E-state index in [0.717, 1.165) is 6.07 Å². The third-order valence-corrected chi connectivity index (χ3v) is 2.77. The Kier molecular flexibility index (Phi) is 3.73. The number of hydrogen-bond donors (Lipinski definition) is 0. The van der Waals surface area contributed by atoms with Crippen molar-refractivity contribution in [1.29, 1.82) is 5.26 Å². The largest absolute Gasteiger partial charge is 0.492 e. The first-order chi connectivity index (χ1) is 7.37. The van der Waals surface area contributed by atoms with Crippen molar-refractivity contribution in [2.75, 3.05) is 7.11 Å². The number of methoxy groups -OCH3 is 1. The lowest BCUT2D eigenvalue weighted by Crippen LogP contribution is -1.99. The molecule has 1 aromatic carbocycles. The van der Waals surface area contributed by atoms with Crippen LogP contribution in [0.15, 0.2) is 12.1 Å². The molecular weight excluding hydrogens is 257 g/mol. The molecular formula is C9H7ClFNO3S. The molecule has 0 aliphatic carbocycles. The SMILES string of the molecule is COc1c(F)cc(CS(=O)(=O)Cl)cc1C#N. The zero-order valence-electron chi connectivity index (χ0n) is 8.20. The van der Waals surface area contributed by atoms with Gasteiger partial charge in [-0.05, 0) is 17.7 Å². The lowest BCUT2D eigenvalue weighted by Gasteiger charge is -2.06. The van der Waals surface area contributed by atoms with Gasteiger partial charge in [0, 0.05) is 10.7 Å². The number of benzene rings is 1. The predicted molar refractivity (Wildman–Crippen MR) is 56.1 cm³/mol. The van der Waals surface area contributed by atoms with Crippen molar-refractivity contribution in [3.63, 3.8) is 0 Å². The highest BCUT2D eigenvalue weighted by atomic mass is 35.7. The van der Waals surface area contributed by atoms with E-state index in [0.29, 0.717) is 0 Å². The van der Waals surface area contributed by atoms with Crippen LogP contribution in [-0.2, 0) is 14.8 Å². The smallest absolute Gasteiger partial charge is 0.236 e. The van der Waals surface area contributed by atoms with Crippen LogP contribution in [-0.4, -0.2) is 15.5 Å². The van der Waals surface area contributed by atoms with Crippen LogP contribution in [0.5, 0.6) is 5.75 Å². The first-order valence-corrected chi connectivity index (χ1v) is 6.54. The summed E-state index contributed by atoms with van der Waals surface area (Å²) in [4.78, 5) is 0. The summed E-state index contributed by atoms with van der Waals surface area (Å²) in [5, 5.41) is 8.72. The highest BCUT2D eigenvalue weighted by molar-refractivity contribution is 8.13. The van der Waals surface area contributed by atoms with E-state index in [-0.39, 0.29) is 16.9 Å². The van der Waals surface area contributed by atoms with Crippen LogP contribution in [0.3, 0.4) is 0 Å². The first-order valence-electron chi connectivity index (χ1n) is 4.06. The highest BCUT2D eigenvalue weighted by Gasteiger charge is 2.14. The van der Waals surface area contributed by atoms with Crippen LogP contribution in [0, 0.1) is 17.1 Å². The van der Waals surface area contributed by atoms with Gasteiger partial charge in [-0.25, -0.2) is 12.8 Å². The van der Waals surface area contributed by atoms with Crippen molar-refractivity contribution >= 4 is 19.7 Å². The maximum absolute atomic E-state index is 13.4. The third kappa shape index (κ3) is 3.08. The molecule has 0 fully saturated rings. The minimum absolute atomic E-state index is 0.0715. The van der Waals surface area contributed by atoms with Gasteiger partial charge in [-0.3, -0.25) is 0 Å². The summed E-state index contributed by atoms with van der Waals surface area (Å²) in [7, 11) is 2.46. The quantitative estimate of drug-likeness (QED) is 0.780. The van der Waals surface area contributed by atoms with Gasteiger partial charge in [-0.15, -0.1) is 0 Å². The summed E-state index contributed by atoms with van der Waals surface area (Å²) in [6, 6.07) is 3.91. The lowest BCUT2D eigenvalue weighted by atomic mass is 10.1. The molecule has 0 bridgehead atoms. The Morgan fingerprint density at radius 1 is 1.56 bits per heavy atom. The van der Waals surface area contributed by atoms with Crippen LogP contribution in [0.4, 0.5) is 4.39 Å². The summed E-state index contributed by atoms with van der Waals surface area (Å²) in [6.07, 6.45) is 0. The molecule has 0 radical (unpaired) electrons. The summed E-state index contributed by atoms with van der Waals surface area (Å²) < 4.78 is 39.6. The van der Waals surface area contributed by atoms with Crippen molar-refractivity contribution < 1.29 is 17.5 Å². The minimum Gasteiger partial charge on any atom is -0.492 e. The van der Waals surface area contributed by atoms with E-state index in [1.54, 1.807) is 6.07 Å². The molecule has 4 nitrogen and oxygen atoms in total. The summed E-state index contributed by atoms with van der Waals surface area (Å²) in [6.45, 7) is 0. The van der Waals surface area contributed by atoms with E-state index in [1.165, 1.54) is 13.2 Å². The standard InChI is InChI=1S/C9H7ClFNO3S/c1-15-9-7(4-12)2-6(3-8(9)11)5-16(10,13)14/h2-3H,5H2,1H3. The van der Waals surface area contributed by atoms with Gasteiger partial charge in [-0.2, -0.15) is 5.26 Å². The number of rotatable bonds is 3. The van der Waals surface area contributed by atoms with Gasteiger partial charge < -0.3 is 4.74 Å². The highest BCUT2D eigenvalue weighted by Crippen LogP contribution is 2.25. The van der Waals surface area contributed by atoms with Gasteiger partial charge in [0.15, 0.2) is 11.6 Å². The summed E-state index contributed by atoms with van der Waals surface area (Å²) in [5.41, 5.74) is 0.0302. The second kappa shape index (κ2) is 4.68. The fourth-order valence-corrected chi connectivity index (χ4v) is 2.17. The maximum atomic E-state index is 13.4. The minimum atomic E-state index is -3.78. The van der Waals surface area contributed by atoms with Crippen LogP contribution < -0.4 is 4.74 Å². The molecule has 1 rings (SSSR count). The number of nitriles is 1. The maximum Gasteiger partial charge on any atom is 0.236 e. The number of hydrogen-bond acceptors (Lipinski definition) is 4. The van der Waals surface area contributed by atoms with E-state index in [1.807, 2.05) is 0 Å². The van der Waals surface area contributed by atoms with E-state index in [9.17, 15) is 12.8 Å². The molecule has 0 unspecified atom stereocenters. The van der Waals surface area contributed by atoms with E-state index < -0.39 is 20.6 Å². The van der Waals surface area contributed by atoms with Gasteiger partial charge in [0.05, 0.1) is 18.4 Å². The van der Waals surface area contributed by atoms with Gasteiger partial charge in [-0.1, -0.05) is 0 Å². The van der Waals surface area contributed by atoms with Crippen molar-refractivity contribution in [1.82, 2.24) is 0 Å². The lowest BCUT2D eigenvalue weighted by molar-refractivity contribution is 0.385. The molecule has 7 heteroatoms. The molecule has 0 heterocycles. The van der Waals surface area contributed by atoms with Crippen LogP contribution in [0.1, 0.15) is 11.1 Å². The van der Waals surface area contributed by atoms with Gasteiger partial charge in [0.25, 0.3) is 0 Å². The first kappa shape index (κ1) is 12.7. The topological polar surface area (TPSA) is 67.2 Å². The molecule has 0 saturated carbocycles. The average molecular weight is 264 g/mol. The Morgan fingerprint density at radius 3 is 2.62 bits per heavy atom. The summed E-state index contributed by atoms with van der Waals surface area (Å²) >= 11 is 0. The molecule has 16 heavy (non-hydrogen) atoms. The van der Waals surface area contributed by atoms with Gasteiger partial charge >= 0.3 is 0 Å². The molecule has 0 aliphatic heterocycles. The van der Waals surface area contributed by atoms with E-state index in [4.69, 9.17) is 15.9 Å². The zero-order chi connectivity index (χ0) is 12.3. The molecule has 1 aromatic rings. The molecule has 0 spiro atoms. The van der Waals surface area contributed by atoms with Crippen LogP contribution in [0.25, 0.3) is 0 Å². The summed E-state index contributed by atoms with van der Waals surface area (Å²) in [5.74, 6) is -1.54. The van der Waals surface area contributed by atoms with Gasteiger partial charge in [0.2, 0.25) is 9.05 Å². The fraction of sp³-hybridized carbons (Fsp3) is 0.222. The van der Waals surface area contributed by atoms with Crippen molar-refractivity contribution in [3.8, 4) is 11.8 Å². The van der Waals surface area contributed by atoms with Crippen LogP contribution in [0.2, 0.25) is 0 Å². The Hall–Kier alpha value is -1.32. The van der Waals surface area contributed by atoms with E-state index in [2.05, 4.69) is 4.74 Å². The molecule has 0 amide bonds. The number of halogens is 2. The predicted octanol–water partition coefficient (Wildman–Crippen LogP) is 1.77. The Morgan fingerprint density at radius 2 is 2.19 bits per heavy atom. The normalized spacial score (nSPS) is 10.9. The third-order valence-electron chi connectivity index (χ3n) is 1.77. The Bertz CT molecular complexity index is 551. The molecule has 0 atom stereocenters. The molecule has 0 aliphatic rings. The second-order valence-electron chi connectivity index (χ2n) is 2.95. The van der Waals surface area contributed by atoms with Gasteiger partial charge in [0.1, 0.15) is 6.07 Å². The van der Waals surface area contributed by atoms with Crippen LogP contribution >= 0.6 is 10.7 Å². The molecule has 0 saturated heterocycles. The Labute approximate surface area is 96.6 Å². The molecule has 86 valence electrons. The molecule has 0 N–H and O–H groups in total. The van der Waals surface area contributed by atoms with Crippen molar-refractivity contribution in [2.45, 2.75) is 5.75 Å². The number of nitrogens with zero attached hydrogens (tertiary/aromatic N) is 1. The fourth-order valence-electron chi connectivity index (χ4n) is 1.22. The Balaban J connectivity index is 3.27. The average Bonchev–Trinajstić information content (AvgIpc) is 2.14. The number of ether oxygens (including phenoxy) is 1. The molecule has 0 aromatic heterocycles. The monoisotopic (exact) mass is 263 g/mol. The van der Waals surface area contributed by atoms with Crippen molar-refractivity contribution in [3.05, 3.63) is 29.1 Å².